The summed E-state index contributed by atoms with van der Waals surface area (Å²) in [6.45, 7) is 3.09. The number of thiophene rings is 1. The van der Waals surface area contributed by atoms with Crippen LogP contribution in [0.1, 0.15) is 63.6 Å². The van der Waals surface area contributed by atoms with Gasteiger partial charge in [-0.3, -0.25) is 10.1 Å². The van der Waals surface area contributed by atoms with Gasteiger partial charge in [0.05, 0.1) is 6.04 Å². The number of carbonyl (C=O) groups is 1. The van der Waals surface area contributed by atoms with Gasteiger partial charge in [-0.15, -0.1) is 0 Å². The lowest BCUT2D eigenvalue weighted by Crippen LogP contribution is -2.35. The third kappa shape index (κ3) is 3.32. The van der Waals surface area contributed by atoms with Crippen LogP contribution in [-0.2, 0) is 4.79 Å². The SMILES string of the molecule is CCCC1NC(c2ccsc2)N(CC2CCCCC2)C1=O. The molecule has 0 radical (unpaired) electrons. The van der Waals surface area contributed by atoms with Crippen LogP contribution in [0.3, 0.4) is 0 Å². The van der Waals surface area contributed by atoms with Crippen LogP contribution in [-0.4, -0.2) is 23.4 Å². The van der Waals surface area contributed by atoms with Crippen molar-refractivity contribution in [3.05, 3.63) is 22.4 Å². The summed E-state index contributed by atoms with van der Waals surface area (Å²) in [5.74, 6) is 1.02. The third-order valence-electron chi connectivity index (χ3n) is 4.87. The van der Waals surface area contributed by atoms with Crippen molar-refractivity contribution in [3.63, 3.8) is 0 Å². The first-order chi connectivity index (χ1) is 10.3. The minimum atomic E-state index is 0.0171. The van der Waals surface area contributed by atoms with Gasteiger partial charge in [-0.2, -0.15) is 11.3 Å². The molecule has 1 saturated carbocycles. The smallest absolute Gasteiger partial charge is 0.241 e. The van der Waals surface area contributed by atoms with Crippen molar-refractivity contribution in [2.45, 2.75) is 64.1 Å². The maximum Gasteiger partial charge on any atom is 0.241 e. The fourth-order valence-electron chi connectivity index (χ4n) is 3.72. The van der Waals surface area contributed by atoms with Gasteiger partial charge in [-0.25, -0.2) is 0 Å². The number of nitrogens with one attached hydrogen (secondary N) is 1. The highest BCUT2D eigenvalue weighted by molar-refractivity contribution is 7.07. The summed E-state index contributed by atoms with van der Waals surface area (Å²) in [4.78, 5) is 14.9. The van der Waals surface area contributed by atoms with Crippen molar-refractivity contribution in [2.24, 2.45) is 5.92 Å². The van der Waals surface area contributed by atoms with E-state index in [1.165, 1.54) is 37.7 Å². The average molecular weight is 306 g/mol. The molecule has 116 valence electrons. The second-order valence-electron chi connectivity index (χ2n) is 6.46. The average Bonchev–Trinajstić information content (AvgIpc) is 3.12. The minimum absolute atomic E-state index is 0.0171. The van der Waals surface area contributed by atoms with E-state index in [0.717, 1.165) is 19.4 Å². The molecule has 2 fully saturated rings. The van der Waals surface area contributed by atoms with Gasteiger partial charge in [-0.05, 0) is 47.6 Å². The molecule has 2 atom stereocenters. The summed E-state index contributed by atoms with van der Waals surface area (Å²) in [6.07, 6.45) is 8.72. The summed E-state index contributed by atoms with van der Waals surface area (Å²) in [7, 11) is 0. The summed E-state index contributed by atoms with van der Waals surface area (Å²) in [5, 5.41) is 7.85. The van der Waals surface area contributed by atoms with Crippen molar-refractivity contribution >= 4 is 17.2 Å². The summed E-state index contributed by atoms with van der Waals surface area (Å²) >= 11 is 1.71. The van der Waals surface area contributed by atoms with Gasteiger partial charge in [0.1, 0.15) is 6.17 Å². The van der Waals surface area contributed by atoms with Crippen LogP contribution in [0.15, 0.2) is 16.8 Å². The van der Waals surface area contributed by atoms with Crippen LogP contribution in [0.4, 0.5) is 0 Å². The topological polar surface area (TPSA) is 32.3 Å². The van der Waals surface area contributed by atoms with E-state index in [4.69, 9.17) is 0 Å². The third-order valence-corrected chi connectivity index (χ3v) is 5.57. The molecule has 1 amide bonds. The Morgan fingerprint density at radius 1 is 1.33 bits per heavy atom. The quantitative estimate of drug-likeness (QED) is 0.894. The molecule has 1 aromatic heterocycles. The highest BCUT2D eigenvalue weighted by Gasteiger charge is 2.40. The van der Waals surface area contributed by atoms with Gasteiger partial charge >= 0.3 is 0 Å². The van der Waals surface area contributed by atoms with Gasteiger partial charge in [0.15, 0.2) is 0 Å². The molecule has 2 aliphatic rings. The van der Waals surface area contributed by atoms with E-state index in [2.05, 4.69) is 34.0 Å². The lowest BCUT2D eigenvalue weighted by molar-refractivity contribution is -0.131. The van der Waals surface area contributed by atoms with Gasteiger partial charge in [0.25, 0.3) is 0 Å². The van der Waals surface area contributed by atoms with Crippen molar-refractivity contribution in [1.29, 1.82) is 0 Å². The van der Waals surface area contributed by atoms with Gasteiger partial charge in [0, 0.05) is 6.54 Å². The first-order valence-electron chi connectivity index (χ1n) is 8.38. The normalized spacial score (nSPS) is 27.5. The Kier molecular flexibility index (Phi) is 4.96. The Bertz CT molecular complexity index is 453. The number of rotatable bonds is 5. The van der Waals surface area contributed by atoms with Crippen molar-refractivity contribution in [2.75, 3.05) is 6.54 Å². The first-order valence-corrected chi connectivity index (χ1v) is 9.32. The van der Waals surface area contributed by atoms with E-state index in [1.807, 2.05) is 0 Å². The van der Waals surface area contributed by atoms with Crippen LogP contribution in [0.5, 0.6) is 0 Å². The minimum Gasteiger partial charge on any atom is -0.321 e. The molecule has 1 aliphatic carbocycles. The van der Waals surface area contributed by atoms with E-state index in [0.29, 0.717) is 11.8 Å². The van der Waals surface area contributed by atoms with Crippen LogP contribution in [0, 0.1) is 5.92 Å². The zero-order valence-corrected chi connectivity index (χ0v) is 13.7. The molecule has 0 spiro atoms. The van der Waals surface area contributed by atoms with Crippen molar-refractivity contribution in [3.8, 4) is 0 Å². The molecule has 21 heavy (non-hydrogen) atoms. The lowest BCUT2D eigenvalue weighted by Gasteiger charge is -2.30. The molecular weight excluding hydrogens is 280 g/mol. The van der Waals surface area contributed by atoms with E-state index in [1.54, 1.807) is 11.3 Å². The van der Waals surface area contributed by atoms with E-state index >= 15 is 0 Å². The Morgan fingerprint density at radius 2 is 2.14 bits per heavy atom. The Morgan fingerprint density at radius 3 is 2.81 bits per heavy atom. The first kappa shape index (κ1) is 15.0. The van der Waals surface area contributed by atoms with E-state index in [9.17, 15) is 4.79 Å². The Balaban J connectivity index is 1.74. The molecule has 1 aliphatic heterocycles. The fraction of sp³-hybridized carbons (Fsp3) is 0.706. The maximum absolute atomic E-state index is 12.7. The molecule has 1 N–H and O–H groups in total. The van der Waals surface area contributed by atoms with Crippen LogP contribution in [0.25, 0.3) is 0 Å². The molecule has 4 heteroatoms. The van der Waals surface area contributed by atoms with E-state index < -0.39 is 0 Å². The van der Waals surface area contributed by atoms with Gasteiger partial charge in [0.2, 0.25) is 5.91 Å². The zero-order valence-electron chi connectivity index (χ0n) is 12.9. The van der Waals surface area contributed by atoms with E-state index in [-0.39, 0.29) is 12.2 Å². The highest BCUT2D eigenvalue weighted by atomic mass is 32.1. The summed E-state index contributed by atoms with van der Waals surface area (Å²) in [5.41, 5.74) is 1.25. The van der Waals surface area contributed by atoms with Crippen LogP contribution < -0.4 is 5.32 Å². The monoisotopic (exact) mass is 306 g/mol. The molecule has 1 aromatic rings. The lowest BCUT2D eigenvalue weighted by atomic mass is 9.89. The van der Waals surface area contributed by atoms with Gasteiger partial charge < -0.3 is 4.90 Å². The number of carbonyl (C=O) groups excluding carboxylic acids is 1. The van der Waals surface area contributed by atoms with Crippen LogP contribution >= 0.6 is 11.3 Å². The predicted octanol–water partition coefficient (Wildman–Crippen LogP) is 3.93. The van der Waals surface area contributed by atoms with Crippen molar-refractivity contribution < 1.29 is 4.79 Å². The van der Waals surface area contributed by atoms with Crippen LogP contribution in [0.2, 0.25) is 0 Å². The zero-order chi connectivity index (χ0) is 14.7. The molecule has 0 aromatic carbocycles. The molecule has 0 bridgehead atoms. The second-order valence-corrected chi connectivity index (χ2v) is 7.24. The van der Waals surface area contributed by atoms with Crippen molar-refractivity contribution in [1.82, 2.24) is 10.2 Å². The fourth-order valence-corrected chi connectivity index (χ4v) is 4.40. The molecule has 3 nitrogen and oxygen atoms in total. The molecule has 1 saturated heterocycles. The number of nitrogens with zero attached hydrogens (tertiary/aromatic N) is 1. The number of hydrogen-bond donors (Lipinski definition) is 1. The summed E-state index contributed by atoms with van der Waals surface area (Å²) < 4.78 is 0. The number of amides is 1. The van der Waals surface area contributed by atoms with Gasteiger partial charge in [-0.1, -0.05) is 32.6 Å². The standard InChI is InChI=1S/C17H26N2OS/c1-2-6-15-17(20)19(11-13-7-4-3-5-8-13)16(18-15)14-9-10-21-12-14/h9-10,12-13,15-16,18H,2-8,11H2,1H3. The summed E-state index contributed by atoms with van der Waals surface area (Å²) in [6, 6.07) is 2.17. The molecule has 3 rings (SSSR count). The molecular formula is C17H26N2OS. The Hall–Kier alpha value is -0.870. The molecule has 2 heterocycles. The molecule has 2 unspecified atom stereocenters. The maximum atomic E-state index is 12.7. The predicted molar refractivity (Wildman–Crippen MR) is 87.2 cm³/mol. The highest BCUT2D eigenvalue weighted by Crippen LogP contribution is 2.32. The Labute approximate surface area is 131 Å². The second kappa shape index (κ2) is 6.93. The largest absolute Gasteiger partial charge is 0.321 e. The number of hydrogen-bond acceptors (Lipinski definition) is 3.